The van der Waals surface area contributed by atoms with E-state index in [-0.39, 0.29) is 18.0 Å². The van der Waals surface area contributed by atoms with E-state index in [0.29, 0.717) is 23.1 Å². The van der Waals surface area contributed by atoms with Crippen molar-refractivity contribution >= 4 is 40.1 Å². The maximum atomic E-state index is 14.0. The summed E-state index contributed by atoms with van der Waals surface area (Å²) in [5, 5.41) is 2.26. The molecule has 0 saturated carbocycles. The molecule has 0 aromatic heterocycles. The van der Waals surface area contributed by atoms with Crippen LogP contribution in [0, 0.1) is 5.82 Å². The van der Waals surface area contributed by atoms with Crippen LogP contribution in [0.5, 0.6) is 5.75 Å². The van der Waals surface area contributed by atoms with Gasteiger partial charge in [-0.1, -0.05) is 54.2 Å². The van der Waals surface area contributed by atoms with Crippen LogP contribution in [-0.2, 0) is 16.1 Å². The molecule has 3 aromatic rings. The number of thioether (sulfide) groups is 1. The second-order valence-corrected chi connectivity index (χ2v) is 8.51. The molecule has 3 aromatic carbocycles. The van der Waals surface area contributed by atoms with Crippen LogP contribution in [0.25, 0.3) is 0 Å². The van der Waals surface area contributed by atoms with Crippen molar-refractivity contribution in [2.24, 2.45) is 4.99 Å². The molecule has 168 valence electrons. The Bertz CT molecular complexity index is 1170. The largest absolute Gasteiger partial charge is 0.497 e. The molecule has 0 bridgehead atoms. The maximum Gasteiger partial charge on any atom is 0.238 e. The second-order valence-electron chi connectivity index (χ2n) is 7.34. The number of rotatable bonds is 6. The highest BCUT2D eigenvalue weighted by atomic mass is 32.2. The van der Waals surface area contributed by atoms with Gasteiger partial charge in [-0.05, 0) is 42.0 Å². The number of methoxy groups -OCH3 is 1. The molecule has 33 heavy (non-hydrogen) atoms. The van der Waals surface area contributed by atoms with Gasteiger partial charge in [0.05, 0.1) is 25.0 Å². The summed E-state index contributed by atoms with van der Waals surface area (Å²) in [7, 11) is 1.58. The van der Waals surface area contributed by atoms with Crippen molar-refractivity contribution in [1.29, 1.82) is 0 Å². The molecule has 1 N–H and O–H groups in total. The molecule has 8 heteroatoms. The number of hydrogen-bond donors (Lipinski definition) is 1. The Balaban J connectivity index is 1.60. The standard InChI is InChI=1S/C25H22FN3O3S/c1-32-19-13-11-18(12-14-19)27-25-29(16-17-7-3-2-4-8-17)23(30)15-22(33-25)24(31)28-21-10-6-5-9-20(21)26/h2-14,22H,15-16H2,1H3,(H,28,31)/t22-/m0/s1. The molecule has 2 amide bonds. The third kappa shape index (κ3) is 5.59. The lowest BCUT2D eigenvalue weighted by Crippen LogP contribution is -2.44. The van der Waals surface area contributed by atoms with Gasteiger partial charge in [-0.3, -0.25) is 14.5 Å². The van der Waals surface area contributed by atoms with Crippen LogP contribution in [0.4, 0.5) is 15.8 Å². The molecule has 1 heterocycles. The number of ether oxygens (including phenoxy) is 1. The zero-order chi connectivity index (χ0) is 23.2. The number of benzene rings is 3. The monoisotopic (exact) mass is 463 g/mol. The van der Waals surface area contributed by atoms with Gasteiger partial charge in [-0.2, -0.15) is 0 Å². The minimum absolute atomic E-state index is 0.0145. The number of amides is 2. The van der Waals surface area contributed by atoms with E-state index < -0.39 is 17.0 Å². The number of carbonyl (C=O) groups is 2. The number of nitrogens with one attached hydrogen (secondary N) is 1. The molecule has 6 nitrogen and oxygen atoms in total. The molecule has 1 aliphatic heterocycles. The summed E-state index contributed by atoms with van der Waals surface area (Å²) < 4.78 is 19.2. The van der Waals surface area contributed by atoms with E-state index in [1.54, 1.807) is 48.4 Å². The number of anilines is 1. The maximum absolute atomic E-state index is 14.0. The molecule has 4 rings (SSSR count). The summed E-state index contributed by atoms with van der Waals surface area (Å²) in [5.41, 5.74) is 1.65. The van der Waals surface area contributed by atoms with E-state index in [0.717, 1.165) is 5.56 Å². The van der Waals surface area contributed by atoms with Crippen LogP contribution in [0.1, 0.15) is 12.0 Å². The summed E-state index contributed by atoms with van der Waals surface area (Å²) >= 11 is 1.19. The summed E-state index contributed by atoms with van der Waals surface area (Å²) in [6.07, 6.45) is -0.0145. The van der Waals surface area contributed by atoms with Crippen molar-refractivity contribution in [2.75, 3.05) is 12.4 Å². The number of amidine groups is 1. The Morgan fingerprint density at radius 1 is 1.09 bits per heavy atom. The predicted molar refractivity (Wildman–Crippen MR) is 128 cm³/mol. The van der Waals surface area contributed by atoms with Gasteiger partial charge >= 0.3 is 0 Å². The molecular formula is C25H22FN3O3S. The zero-order valence-electron chi connectivity index (χ0n) is 17.9. The highest BCUT2D eigenvalue weighted by Crippen LogP contribution is 2.31. The second kappa shape index (κ2) is 10.3. The van der Waals surface area contributed by atoms with E-state index in [1.807, 2.05) is 30.3 Å². The Labute approximate surface area is 195 Å². The summed E-state index contributed by atoms with van der Waals surface area (Å²) in [5.74, 6) is -0.510. The van der Waals surface area contributed by atoms with E-state index in [4.69, 9.17) is 4.74 Å². The zero-order valence-corrected chi connectivity index (χ0v) is 18.7. The third-order valence-electron chi connectivity index (χ3n) is 5.04. The summed E-state index contributed by atoms with van der Waals surface area (Å²) in [6.45, 7) is 0.337. The highest BCUT2D eigenvalue weighted by Gasteiger charge is 2.36. The number of hydrogen-bond acceptors (Lipinski definition) is 5. The minimum Gasteiger partial charge on any atom is -0.497 e. The van der Waals surface area contributed by atoms with Gasteiger partial charge in [0.1, 0.15) is 16.8 Å². The topological polar surface area (TPSA) is 71.0 Å². The number of nitrogens with zero attached hydrogens (tertiary/aromatic N) is 2. The van der Waals surface area contributed by atoms with Crippen molar-refractivity contribution in [2.45, 2.75) is 18.2 Å². The first-order valence-corrected chi connectivity index (χ1v) is 11.2. The van der Waals surface area contributed by atoms with Crippen LogP contribution in [0.3, 0.4) is 0 Å². The van der Waals surface area contributed by atoms with Crippen molar-refractivity contribution in [1.82, 2.24) is 4.90 Å². The first-order valence-electron chi connectivity index (χ1n) is 10.3. The van der Waals surface area contributed by atoms with Gasteiger partial charge in [0.15, 0.2) is 5.17 Å². The molecule has 1 saturated heterocycles. The van der Waals surface area contributed by atoms with Gasteiger partial charge in [0.25, 0.3) is 0 Å². The van der Waals surface area contributed by atoms with Crippen molar-refractivity contribution < 1.29 is 18.7 Å². The van der Waals surface area contributed by atoms with E-state index in [2.05, 4.69) is 10.3 Å². The van der Waals surface area contributed by atoms with Gasteiger partial charge in [-0.15, -0.1) is 0 Å². The number of halogens is 1. The molecule has 0 aliphatic carbocycles. The van der Waals surface area contributed by atoms with Crippen molar-refractivity contribution in [3.05, 3.63) is 90.2 Å². The molecule has 0 unspecified atom stereocenters. The first-order chi connectivity index (χ1) is 16.0. The average Bonchev–Trinajstić information content (AvgIpc) is 2.83. The number of para-hydroxylation sites is 1. The lowest BCUT2D eigenvalue weighted by molar-refractivity contribution is -0.129. The average molecular weight is 464 g/mol. The Morgan fingerprint density at radius 2 is 1.79 bits per heavy atom. The predicted octanol–water partition coefficient (Wildman–Crippen LogP) is 4.99. The number of carbonyl (C=O) groups excluding carboxylic acids is 2. The fraction of sp³-hybridized carbons (Fsp3) is 0.160. The molecule has 1 fully saturated rings. The van der Waals surface area contributed by atoms with Crippen LogP contribution < -0.4 is 10.1 Å². The molecular weight excluding hydrogens is 441 g/mol. The van der Waals surface area contributed by atoms with Crippen LogP contribution >= 0.6 is 11.8 Å². The molecule has 0 spiro atoms. The van der Waals surface area contributed by atoms with Crippen LogP contribution in [0.2, 0.25) is 0 Å². The van der Waals surface area contributed by atoms with Crippen LogP contribution in [0.15, 0.2) is 83.9 Å². The van der Waals surface area contributed by atoms with Gasteiger partial charge in [0.2, 0.25) is 11.8 Å². The normalized spacial score (nSPS) is 17.2. The van der Waals surface area contributed by atoms with E-state index >= 15 is 0 Å². The Kier molecular flexibility index (Phi) is 7.04. The smallest absolute Gasteiger partial charge is 0.238 e. The first kappa shape index (κ1) is 22.5. The third-order valence-corrected chi connectivity index (χ3v) is 6.23. The SMILES string of the molecule is COc1ccc(N=C2S[C@H](C(=O)Nc3ccccc3F)CC(=O)N2Cc2ccccc2)cc1. The number of aliphatic imine (C=N–C) groups is 1. The van der Waals surface area contributed by atoms with Crippen LogP contribution in [-0.4, -0.2) is 34.2 Å². The summed E-state index contributed by atoms with van der Waals surface area (Å²) in [6, 6.07) is 22.6. The van der Waals surface area contributed by atoms with Gasteiger partial charge < -0.3 is 10.1 Å². The fourth-order valence-electron chi connectivity index (χ4n) is 3.31. The molecule has 1 atom stereocenters. The minimum atomic E-state index is -0.735. The Hall–Kier alpha value is -3.65. The quantitative estimate of drug-likeness (QED) is 0.559. The lowest BCUT2D eigenvalue weighted by Gasteiger charge is -2.32. The van der Waals surface area contributed by atoms with Crippen molar-refractivity contribution in [3.8, 4) is 5.75 Å². The van der Waals surface area contributed by atoms with Crippen molar-refractivity contribution in [3.63, 3.8) is 0 Å². The lowest BCUT2D eigenvalue weighted by atomic mass is 10.2. The fourth-order valence-corrected chi connectivity index (χ4v) is 4.40. The molecule has 0 radical (unpaired) electrons. The Morgan fingerprint density at radius 3 is 2.48 bits per heavy atom. The van der Waals surface area contributed by atoms with Gasteiger partial charge in [-0.25, -0.2) is 9.38 Å². The molecule has 1 aliphatic rings. The van der Waals surface area contributed by atoms with E-state index in [1.165, 1.54) is 23.9 Å². The summed E-state index contributed by atoms with van der Waals surface area (Å²) in [4.78, 5) is 32.2. The van der Waals surface area contributed by atoms with Gasteiger partial charge in [0, 0.05) is 6.42 Å². The highest BCUT2D eigenvalue weighted by molar-refractivity contribution is 8.15. The van der Waals surface area contributed by atoms with E-state index in [9.17, 15) is 14.0 Å².